The van der Waals surface area contributed by atoms with E-state index in [4.69, 9.17) is 9.47 Å². The summed E-state index contributed by atoms with van der Waals surface area (Å²) in [4.78, 5) is 16.8. The van der Waals surface area contributed by atoms with Crippen molar-refractivity contribution >= 4 is 16.9 Å². The Morgan fingerprint density at radius 3 is 2.35 bits per heavy atom. The van der Waals surface area contributed by atoms with Crippen LogP contribution in [0.2, 0.25) is 0 Å². The van der Waals surface area contributed by atoms with E-state index in [1.54, 1.807) is 6.07 Å². The van der Waals surface area contributed by atoms with Gasteiger partial charge in [-0.25, -0.2) is 0 Å². The number of pyridine rings is 1. The third-order valence-corrected chi connectivity index (χ3v) is 5.81. The van der Waals surface area contributed by atoms with E-state index in [1.807, 2.05) is 68.8 Å². The molecule has 2 aromatic carbocycles. The van der Waals surface area contributed by atoms with E-state index >= 15 is 0 Å². The average molecular weight is 511 g/mol. The monoisotopic (exact) mass is 510 g/mol. The van der Waals surface area contributed by atoms with Crippen LogP contribution in [0.5, 0.6) is 5.75 Å². The molecule has 0 bridgehead atoms. The number of hydrogen-bond donors (Lipinski definition) is 0. The van der Waals surface area contributed by atoms with E-state index in [0.717, 1.165) is 34.3 Å². The molecule has 37 heavy (non-hydrogen) atoms. The van der Waals surface area contributed by atoms with Crippen LogP contribution >= 0.6 is 0 Å². The minimum atomic E-state index is -4.36. The lowest BCUT2D eigenvalue weighted by molar-refractivity contribution is -0.155. The number of aryl methyl sites for hydroxylation is 1. The minimum Gasteiger partial charge on any atom is -0.493 e. The first-order chi connectivity index (χ1) is 17.4. The van der Waals surface area contributed by atoms with Crippen LogP contribution in [0.1, 0.15) is 37.6 Å². The Morgan fingerprint density at radius 1 is 0.973 bits per heavy atom. The van der Waals surface area contributed by atoms with Gasteiger partial charge in [0.25, 0.3) is 0 Å². The Kier molecular flexibility index (Phi) is 7.30. The molecule has 0 spiro atoms. The predicted octanol–water partition coefficient (Wildman–Crippen LogP) is 6.99. The van der Waals surface area contributed by atoms with Gasteiger partial charge < -0.3 is 14.0 Å². The highest BCUT2D eigenvalue weighted by Crippen LogP contribution is 2.31. The first kappa shape index (κ1) is 26.3. The third kappa shape index (κ3) is 6.70. The van der Waals surface area contributed by atoms with E-state index in [-0.39, 0.29) is 12.5 Å². The van der Waals surface area contributed by atoms with Crippen LogP contribution in [0.3, 0.4) is 0 Å². The number of aromatic nitrogens is 2. The molecule has 4 rings (SSSR count). The standard InChI is InChI=1S/C29H29F3N2O3/c1-19-20(8-12-25(33-19)21-5-9-23(10-6-21)29(30,31)32)14-16-36-24-11-7-22-13-15-34(26(22)17-24)18-27(35)37-28(2,3)4/h5-13,15,17H,14,16,18H2,1-4H3. The molecule has 0 radical (unpaired) electrons. The van der Waals surface area contributed by atoms with Crippen molar-refractivity contribution < 1.29 is 27.4 Å². The van der Waals surface area contributed by atoms with Gasteiger partial charge in [-0.05, 0) is 75.0 Å². The molecule has 0 N–H and O–H groups in total. The molecular formula is C29H29F3N2O3. The number of carbonyl (C=O) groups excluding carboxylic acids is 1. The summed E-state index contributed by atoms with van der Waals surface area (Å²) in [5, 5.41) is 0.995. The summed E-state index contributed by atoms with van der Waals surface area (Å²) in [5.41, 5.74) is 2.68. The lowest BCUT2D eigenvalue weighted by atomic mass is 10.1. The molecule has 2 aromatic heterocycles. The number of carbonyl (C=O) groups is 1. The summed E-state index contributed by atoms with van der Waals surface area (Å²) in [5.74, 6) is 0.377. The average Bonchev–Trinajstić information content (AvgIpc) is 3.20. The Morgan fingerprint density at radius 2 is 1.70 bits per heavy atom. The maximum atomic E-state index is 12.8. The van der Waals surface area contributed by atoms with Gasteiger partial charge in [0, 0.05) is 29.9 Å². The number of halogens is 3. The van der Waals surface area contributed by atoms with Gasteiger partial charge in [-0.1, -0.05) is 18.2 Å². The molecule has 2 heterocycles. The highest BCUT2D eigenvalue weighted by molar-refractivity contribution is 5.83. The molecule has 8 heteroatoms. The molecule has 5 nitrogen and oxygen atoms in total. The second-order valence-corrected chi connectivity index (χ2v) is 9.87. The molecule has 0 saturated carbocycles. The SMILES string of the molecule is Cc1nc(-c2ccc(C(F)(F)F)cc2)ccc1CCOc1ccc2ccn(CC(=O)OC(C)(C)C)c2c1. The van der Waals surface area contributed by atoms with Gasteiger partial charge >= 0.3 is 12.1 Å². The molecule has 4 aromatic rings. The maximum Gasteiger partial charge on any atom is 0.416 e. The van der Waals surface area contributed by atoms with Crippen molar-refractivity contribution in [2.24, 2.45) is 0 Å². The first-order valence-corrected chi connectivity index (χ1v) is 12.0. The molecule has 0 aliphatic carbocycles. The molecule has 0 amide bonds. The fourth-order valence-electron chi connectivity index (χ4n) is 4.03. The topological polar surface area (TPSA) is 53.4 Å². The number of hydrogen-bond acceptors (Lipinski definition) is 4. The van der Waals surface area contributed by atoms with Crippen molar-refractivity contribution in [3.8, 4) is 17.0 Å². The van der Waals surface area contributed by atoms with E-state index in [1.165, 1.54) is 12.1 Å². The van der Waals surface area contributed by atoms with Crippen molar-refractivity contribution in [2.45, 2.75) is 52.4 Å². The molecule has 0 atom stereocenters. The van der Waals surface area contributed by atoms with Crippen LogP contribution in [0.25, 0.3) is 22.2 Å². The number of rotatable bonds is 7. The first-order valence-electron chi connectivity index (χ1n) is 12.0. The molecule has 0 unspecified atom stereocenters. The summed E-state index contributed by atoms with van der Waals surface area (Å²) in [7, 11) is 0. The normalized spacial score (nSPS) is 12.1. The van der Waals surface area contributed by atoms with Gasteiger partial charge in [0.15, 0.2) is 0 Å². The van der Waals surface area contributed by atoms with Crippen LogP contribution in [0, 0.1) is 6.92 Å². The highest BCUT2D eigenvalue weighted by atomic mass is 19.4. The largest absolute Gasteiger partial charge is 0.493 e. The number of benzene rings is 2. The number of esters is 1. The fraction of sp³-hybridized carbons (Fsp3) is 0.310. The zero-order chi connectivity index (χ0) is 26.8. The van der Waals surface area contributed by atoms with Crippen molar-refractivity contribution in [3.05, 3.63) is 83.7 Å². The highest BCUT2D eigenvalue weighted by Gasteiger charge is 2.30. The Bertz CT molecular complexity index is 1400. The van der Waals surface area contributed by atoms with Gasteiger partial charge in [0.1, 0.15) is 17.9 Å². The summed E-state index contributed by atoms with van der Waals surface area (Å²) in [6.45, 7) is 7.91. The molecule has 0 saturated heterocycles. The van der Waals surface area contributed by atoms with Crippen LogP contribution in [0.4, 0.5) is 13.2 Å². The van der Waals surface area contributed by atoms with Crippen LogP contribution in [0.15, 0.2) is 66.9 Å². The lowest BCUT2D eigenvalue weighted by Crippen LogP contribution is -2.26. The number of ether oxygens (including phenoxy) is 2. The van der Waals surface area contributed by atoms with Crippen molar-refractivity contribution in [2.75, 3.05) is 6.61 Å². The smallest absolute Gasteiger partial charge is 0.416 e. The second-order valence-electron chi connectivity index (χ2n) is 9.87. The number of nitrogens with zero attached hydrogens (tertiary/aromatic N) is 2. The fourth-order valence-corrected chi connectivity index (χ4v) is 4.03. The van der Waals surface area contributed by atoms with E-state index < -0.39 is 17.3 Å². The van der Waals surface area contributed by atoms with Crippen LogP contribution < -0.4 is 4.74 Å². The van der Waals surface area contributed by atoms with Crippen molar-refractivity contribution in [1.82, 2.24) is 9.55 Å². The number of alkyl halides is 3. The second kappa shape index (κ2) is 10.3. The van der Waals surface area contributed by atoms with Gasteiger partial charge in [-0.3, -0.25) is 9.78 Å². The van der Waals surface area contributed by atoms with Gasteiger partial charge in [0.05, 0.1) is 23.4 Å². The molecule has 0 fully saturated rings. The van der Waals surface area contributed by atoms with E-state index in [2.05, 4.69) is 4.98 Å². The Hall–Kier alpha value is -3.81. The quantitative estimate of drug-likeness (QED) is 0.251. The van der Waals surface area contributed by atoms with Gasteiger partial charge in [-0.2, -0.15) is 13.2 Å². The molecule has 194 valence electrons. The lowest BCUT2D eigenvalue weighted by Gasteiger charge is -2.19. The van der Waals surface area contributed by atoms with Crippen molar-refractivity contribution in [1.29, 1.82) is 0 Å². The van der Waals surface area contributed by atoms with Crippen molar-refractivity contribution in [3.63, 3.8) is 0 Å². The number of fused-ring (bicyclic) bond motifs is 1. The molecular weight excluding hydrogens is 481 g/mol. The van der Waals surface area contributed by atoms with Gasteiger partial charge in [-0.15, -0.1) is 0 Å². The minimum absolute atomic E-state index is 0.111. The summed E-state index contributed by atoms with van der Waals surface area (Å²) >= 11 is 0. The van der Waals surface area contributed by atoms with Crippen LogP contribution in [-0.4, -0.2) is 27.7 Å². The third-order valence-electron chi connectivity index (χ3n) is 5.81. The summed E-state index contributed by atoms with van der Waals surface area (Å²) in [6, 6.07) is 16.4. The molecule has 0 aliphatic heterocycles. The Balaban J connectivity index is 1.39. The zero-order valence-electron chi connectivity index (χ0n) is 21.2. The Labute approximate surface area is 213 Å². The van der Waals surface area contributed by atoms with E-state index in [0.29, 0.717) is 30.0 Å². The maximum absolute atomic E-state index is 12.8. The van der Waals surface area contributed by atoms with Crippen LogP contribution in [-0.2, 0) is 28.7 Å². The zero-order valence-corrected chi connectivity index (χ0v) is 21.2. The summed E-state index contributed by atoms with van der Waals surface area (Å²) in [6.07, 6.45) is -1.90. The van der Waals surface area contributed by atoms with E-state index in [9.17, 15) is 18.0 Å². The molecule has 0 aliphatic rings. The predicted molar refractivity (Wildman–Crippen MR) is 136 cm³/mol. The summed E-state index contributed by atoms with van der Waals surface area (Å²) < 4.78 is 51.7. The van der Waals surface area contributed by atoms with Gasteiger partial charge in [0.2, 0.25) is 0 Å².